The van der Waals surface area contributed by atoms with Gasteiger partial charge in [0.1, 0.15) is 30.2 Å². The topological polar surface area (TPSA) is 74.3 Å². The highest BCUT2D eigenvalue weighted by atomic mass is 19.1. The van der Waals surface area contributed by atoms with Gasteiger partial charge in [-0.2, -0.15) is 5.10 Å². The summed E-state index contributed by atoms with van der Waals surface area (Å²) in [5, 5.41) is 8.81. The molecule has 0 fully saturated rings. The van der Waals surface area contributed by atoms with Crippen LogP contribution >= 0.6 is 0 Å². The quantitative estimate of drug-likeness (QED) is 0.554. The maximum Gasteiger partial charge on any atom is 0.200 e. The smallest absolute Gasteiger partial charge is 0.200 e. The fourth-order valence-corrected chi connectivity index (χ4v) is 2.68. The molecule has 0 spiro atoms. The number of aromatic nitrogens is 7. The number of pyridine rings is 1. The van der Waals surface area contributed by atoms with Crippen LogP contribution < -0.4 is 0 Å². The average Bonchev–Trinajstić information content (AvgIpc) is 3.34. The largest absolute Gasteiger partial charge is 0.253 e. The molecule has 3 aromatic heterocycles. The van der Waals surface area contributed by atoms with E-state index in [1.165, 1.54) is 18.5 Å². The fourth-order valence-electron chi connectivity index (χ4n) is 2.68. The lowest BCUT2D eigenvalue weighted by atomic mass is 10.2. The fraction of sp³-hybridized carbons (Fsp3) is 0.167. The van der Waals surface area contributed by atoms with Crippen LogP contribution in [-0.2, 0) is 6.54 Å². The van der Waals surface area contributed by atoms with Crippen molar-refractivity contribution < 1.29 is 4.39 Å². The molecule has 4 rings (SSSR count). The number of benzene rings is 1. The third-order valence-corrected chi connectivity index (χ3v) is 4.05. The number of rotatable bonds is 5. The van der Waals surface area contributed by atoms with Gasteiger partial charge in [-0.25, -0.2) is 23.7 Å². The molecule has 0 aliphatic carbocycles. The van der Waals surface area contributed by atoms with Gasteiger partial charge >= 0.3 is 0 Å². The maximum atomic E-state index is 13.2. The third kappa shape index (κ3) is 3.21. The van der Waals surface area contributed by atoms with E-state index >= 15 is 0 Å². The van der Waals surface area contributed by atoms with Crippen molar-refractivity contribution in [2.24, 2.45) is 0 Å². The molecule has 1 aromatic carbocycles. The first kappa shape index (κ1) is 16.1. The predicted molar refractivity (Wildman–Crippen MR) is 92.6 cm³/mol. The van der Waals surface area contributed by atoms with Gasteiger partial charge in [-0.3, -0.25) is 4.98 Å². The molecular weight excluding hydrogens is 333 g/mol. The van der Waals surface area contributed by atoms with E-state index < -0.39 is 0 Å². The van der Waals surface area contributed by atoms with Gasteiger partial charge in [-0.15, -0.1) is 5.10 Å². The molecule has 3 heterocycles. The highest BCUT2D eigenvalue weighted by molar-refractivity contribution is 5.48. The number of halogens is 1. The van der Waals surface area contributed by atoms with Gasteiger partial charge in [0.25, 0.3) is 0 Å². The second kappa shape index (κ2) is 6.83. The lowest BCUT2D eigenvalue weighted by Gasteiger charge is -2.12. The number of nitrogens with zero attached hydrogens (tertiary/aromatic N) is 7. The second-order valence-corrected chi connectivity index (χ2v) is 5.84. The summed E-state index contributed by atoms with van der Waals surface area (Å²) < 4.78 is 16.7. The molecule has 1 atom stereocenters. The van der Waals surface area contributed by atoms with E-state index in [4.69, 9.17) is 0 Å². The molecule has 0 bridgehead atoms. The zero-order chi connectivity index (χ0) is 17.9. The normalized spacial score (nSPS) is 12.2. The molecule has 0 saturated carbocycles. The molecule has 0 radical (unpaired) electrons. The Labute approximate surface area is 149 Å². The average molecular weight is 349 g/mol. The van der Waals surface area contributed by atoms with Crippen molar-refractivity contribution in [2.75, 3.05) is 0 Å². The van der Waals surface area contributed by atoms with Crippen LogP contribution in [0, 0.1) is 5.82 Å². The zero-order valence-electron chi connectivity index (χ0n) is 14.1. The highest BCUT2D eigenvalue weighted by Gasteiger charge is 2.20. The third-order valence-electron chi connectivity index (χ3n) is 4.05. The van der Waals surface area contributed by atoms with Crippen LogP contribution in [0.4, 0.5) is 4.39 Å². The maximum absolute atomic E-state index is 13.2. The monoisotopic (exact) mass is 349 g/mol. The standard InChI is InChI=1S/C18H16FN7/c1-13(26-12-20-11-22-26)18-23-17(16-4-2-3-9-21-16)24-25(18)10-14-5-7-15(19)8-6-14/h2-9,11-13H,10H2,1H3/t13-/m0/s1. The van der Waals surface area contributed by atoms with Crippen LogP contribution in [0.15, 0.2) is 61.3 Å². The molecule has 0 saturated heterocycles. The van der Waals surface area contributed by atoms with Gasteiger partial charge in [0.15, 0.2) is 11.6 Å². The van der Waals surface area contributed by atoms with Crippen molar-refractivity contribution in [3.8, 4) is 11.5 Å². The lowest BCUT2D eigenvalue weighted by Crippen LogP contribution is -2.15. The van der Waals surface area contributed by atoms with E-state index in [1.54, 1.807) is 34.0 Å². The van der Waals surface area contributed by atoms with E-state index in [0.29, 0.717) is 18.1 Å². The Balaban J connectivity index is 1.74. The van der Waals surface area contributed by atoms with Crippen molar-refractivity contribution in [1.29, 1.82) is 0 Å². The Morgan fingerprint density at radius 3 is 2.65 bits per heavy atom. The molecule has 26 heavy (non-hydrogen) atoms. The number of hydrogen-bond acceptors (Lipinski definition) is 5. The van der Waals surface area contributed by atoms with Gasteiger partial charge in [-0.05, 0) is 36.8 Å². The second-order valence-electron chi connectivity index (χ2n) is 5.84. The summed E-state index contributed by atoms with van der Waals surface area (Å²) in [5.74, 6) is 0.993. The van der Waals surface area contributed by atoms with Gasteiger partial charge in [0.05, 0.1) is 6.54 Å². The first-order valence-electron chi connectivity index (χ1n) is 8.15. The summed E-state index contributed by atoms with van der Waals surface area (Å²) >= 11 is 0. The van der Waals surface area contributed by atoms with Crippen molar-refractivity contribution in [3.05, 3.63) is 78.5 Å². The minimum atomic E-state index is -0.266. The first-order valence-corrected chi connectivity index (χ1v) is 8.15. The molecule has 4 aromatic rings. The van der Waals surface area contributed by atoms with Gasteiger partial charge in [-0.1, -0.05) is 18.2 Å². The summed E-state index contributed by atoms with van der Waals surface area (Å²) in [4.78, 5) is 13.0. The Bertz CT molecular complexity index is 978. The van der Waals surface area contributed by atoms with Crippen LogP contribution in [0.5, 0.6) is 0 Å². The highest BCUT2D eigenvalue weighted by Crippen LogP contribution is 2.20. The molecule has 0 amide bonds. The van der Waals surface area contributed by atoms with Crippen molar-refractivity contribution >= 4 is 0 Å². The van der Waals surface area contributed by atoms with Crippen molar-refractivity contribution in [3.63, 3.8) is 0 Å². The van der Waals surface area contributed by atoms with Crippen LogP contribution in [0.25, 0.3) is 11.5 Å². The van der Waals surface area contributed by atoms with Crippen molar-refractivity contribution in [2.45, 2.75) is 19.5 Å². The van der Waals surface area contributed by atoms with E-state index in [1.807, 2.05) is 25.1 Å². The number of hydrogen-bond donors (Lipinski definition) is 0. The molecule has 0 unspecified atom stereocenters. The minimum absolute atomic E-state index is 0.164. The molecule has 7 nitrogen and oxygen atoms in total. The van der Waals surface area contributed by atoms with Gasteiger partial charge < -0.3 is 0 Å². The predicted octanol–water partition coefficient (Wildman–Crippen LogP) is 2.73. The van der Waals surface area contributed by atoms with E-state index in [2.05, 4.69) is 25.1 Å². The summed E-state index contributed by atoms with van der Waals surface area (Å²) in [6, 6.07) is 11.8. The van der Waals surface area contributed by atoms with Crippen LogP contribution in [0.2, 0.25) is 0 Å². The molecule has 0 aliphatic heterocycles. The Morgan fingerprint density at radius 1 is 1.12 bits per heavy atom. The Kier molecular flexibility index (Phi) is 4.22. The zero-order valence-corrected chi connectivity index (χ0v) is 14.1. The Hall–Kier alpha value is -3.42. The SMILES string of the molecule is C[C@@H](c1nc(-c2ccccn2)nn1Cc1ccc(F)cc1)n1cncn1. The summed E-state index contributed by atoms with van der Waals surface area (Å²) in [6.45, 7) is 2.44. The van der Waals surface area contributed by atoms with Crippen LogP contribution in [-0.4, -0.2) is 34.5 Å². The van der Waals surface area contributed by atoms with Crippen LogP contribution in [0.3, 0.4) is 0 Å². The molecule has 0 aliphatic rings. The van der Waals surface area contributed by atoms with Crippen molar-refractivity contribution in [1.82, 2.24) is 34.5 Å². The molecular formula is C18H16FN7. The van der Waals surface area contributed by atoms with Crippen LogP contribution in [0.1, 0.15) is 24.4 Å². The lowest BCUT2D eigenvalue weighted by molar-refractivity contribution is 0.495. The van der Waals surface area contributed by atoms with E-state index in [0.717, 1.165) is 11.4 Å². The molecule has 0 N–H and O–H groups in total. The van der Waals surface area contributed by atoms with E-state index in [9.17, 15) is 4.39 Å². The van der Waals surface area contributed by atoms with Gasteiger partial charge in [0.2, 0.25) is 0 Å². The van der Waals surface area contributed by atoms with Gasteiger partial charge in [0, 0.05) is 6.20 Å². The molecule has 130 valence electrons. The summed E-state index contributed by atoms with van der Waals surface area (Å²) in [6.07, 6.45) is 4.83. The minimum Gasteiger partial charge on any atom is -0.253 e. The summed E-state index contributed by atoms with van der Waals surface area (Å²) in [7, 11) is 0. The Morgan fingerprint density at radius 2 is 1.96 bits per heavy atom. The molecule has 8 heteroatoms. The summed E-state index contributed by atoms with van der Waals surface area (Å²) in [5.41, 5.74) is 1.62. The first-order chi connectivity index (χ1) is 12.7. The van der Waals surface area contributed by atoms with E-state index in [-0.39, 0.29) is 11.9 Å².